The molecule has 1 heterocycles. The van der Waals surface area contributed by atoms with Gasteiger partial charge in [-0.2, -0.15) is 5.26 Å². The lowest BCUT2D eigenvalue weighted by Gasteiger charge is -1.73. The van der Waals surface area contributed by atoms with Crippen molar-refractivity contribution in [2.75, 3.05) is 0 Å². The van der Waals surface area contributed by atoms with E-state index < -0.39 is 0 Å². The van der Waals surface area contributed by atoms with Crippen LogP contribution in [0.5, 0.6) is 0 Å². The fourth-order valence-corrected chi connectivity index (χ4v) is 0.476. The van der Waals surface area contributed by atoms with Crippen molar-refractivity contribution in [3.05, 3.63) is 18.2 Å². The number of rotatable bonds is 0. The Kier molecular flexibility index (Phi) is 1.01. The lowest BCUT2D eigenvalue weighted by molar-refractivity contribution is 1.08. The van der Waals surface area contributed by atoms with Gasteiger partial charge in [0.25, 0.3) is 0 Å². The van der Waals surface area contributed by atoms with Gasteiger partial charge in [-0.3, -0.25) is 0 Å². The van der Waals surface area contributed by atoms with Gasteiger partial charge >= 0.3 is 0 Å². The molecule has 0 aliphatic heterocycles. The quantitative estimate of drug-likeness (QED) is 0.485. The summed E-state index contributed by atoms with van der Waals surface area (Å²) in [6.45, 7) is 1.84. The molecule has 3 nitrogen and oxygen atoms in total. The Morgan fingerprint density at radius 1 is 1.88 bits per heavy atom. The van der Waals surface area contributed by atoms with Crippen LogP contribution in [-0.2, 0) is 0 Å². The zero-order chi connectivity index (χ0) is 5.98. The Bertz CT molecular complexity index is 218. The molecule has 0 aliphatic rings. The van der Waals surface area contributed by atoms with Gasteiger partial charge in [0.15, 0.2) is 6.19 Å². The topological polar surface area (TPSA) is 41.6 Å². The summed E-state index contributed by atoms with van der Waals surface area (Å²) < 4.78 is 1.36. The van der Waals surface area contributed by atoms with E-state index in [2.05, 4.69) is 4.98 Å². The van der Waals surface area contributed by atoms with Crippen molar-refractivity contribution in [1.82, 2.24) is 9.55 Å². The Morgan fingerprint density at radius 2 is 2.62 bits per heavy atom. The zero-order valence-corrected chi connectivity index (χ0v) is 4.50. The van der Waals surface area contributed by atoms with E-state index >= 15 is 0 Å². The second kappa shape index (κ2) is 1.66. The van der Waals surface area contributed by atoms with Gasteiger partial charge < -0.3 is 0 Å². The van der Waals surface area contributed by atoms with Crippen LogP contribution < -0.4 is 0 Å². The van der Waals surface area contributed by atoms with Crippen LogP contribution >= 0.6 is 0 Å². The third-order valence-electron chi connectivity index (χ3n) is 0.827. The Hall–Kier alpha value is -1.30. The number of aryl methyl sites for hydroxylation is 1. The predicted octanol–water partition coefficient (Wildman–Crippen LogP) is 0.521. The fourth-order valence-electron chi connectivity index (χ4n) is 0.476. The first-order valence-electron chi connectivity index (χ1n) is 2.23. The number of nitriles is 1. The van der Waals surface area contributed by atoms with Gasteiger partial charge in [-0.25, -0.2) is 9.55 Å². The summed E-state index contributed by atoms with van der Waals surface area (Å²) in [5.41, 5.74) is 0.867. The molecule has 1 aromatic rings. The molecule has 3 heteroatoms. The smallest absolute Gasteiger partial charge is 0.189 e. The van der Waals surface area contributed by atoms with Crippen LogP contribution in [-0.4, -0.2) is 9.55 Å². The van der Waals surface area contributed by atoms with Gasteiger partial charge in [0.05, 0.1) is 5.69 Å². The average Bonchev–Trinajstić information content (AvgIpc) is 2.14. The van der Waals surface area contributed by atoms with Crippen LogP contribution in [0.4, 0.5) is 0 Å². The Labute approximate surface area is 47.2 Å². The van der Waals surface area contributed by atoms with Gasteiger partial charge in [-0.1, -0.05) is 0 Å². The minimum absolute atomic E-state index is 0.867. The molecule has 1 aromatic heterocycles. The highest BCUT2D eigenvalue weighted by Crippen LogP contribution is 1.88. The first-order valence-corrected chi connectivity index (χ1v) is 2.23. The Morgan fingerprint density at radius 3 is 2.88 bits per heavy atom. The summed E-state index contributed by atoms with van der Waals surface area (Å²) in [4.78, 5) is 3.83. The van der Waals surface area contributed by atoms with Crippen LogP contribution in [0, 0.1) is 18.4 Å². The maximum Gasteiger partial charge on any atom is 0.189 e. The summed E-state index contributed by atoms with van der Waals surface area (Å²) in [7, 11) is 0. The fraction of sp³-hybridized carbons (Fsp3) is 0.200. The largest absolute Gasteiger partial charge is 0.243 e. The number of aromatic nitrogens is 2. The highest BCUT2D eigenvalue weighted by Gasteiger charge is 1.86. The minimum Gasteiger partial charge on any atom is -0.243 e. The van der Waals surface area contributed by atoms with Crippen molar-refractivity contribution in [2.24, 2.45) is 0 Å². The normalized spacial score (nSPS) is 8.50. The molecule has 0 radical (unpaired) electrons. The van der Waals surface area contributed by atoms with E-state index in [4.69, 9.17) is 5.26 Å². The molecule has 0 aliphatic carbocycles. The summed E-state index contributed by atoms with van der Waals surface area (Å²) in [5.74, 6) is 0. The minimum atomic E-state index is 0.867. The third-order valence-corrected chi connectivity index (χ3v) is 0.827. The number of hydrogen-bond donors (Lipinski definition) is 0. The van der Waals surface area contributed by atoms with Crippen LogP contribution in [0.1, 0.15) is 5.69 Å². The van der Waals surface area contributed by atoms with E-state index in [0.717, 1.165) is 5.69 Å². The predicted molar refractivity (Wildman–Crippen MR) is 28.0 cm³/mol. The molecule has 0 atom stereocenters. The first-order chi connectivity index (χ1) is 3.83. The zero-order valence-electron chi connectivity index (χ0n) is 4.50. The molecule has 0 bridgehead atoms. The molecule has 40 valence electrons. The molecular formula is C5H5N3. The molecule has 0 N–H and O–H groups in total. The lowest BCUT2D eigenvalue weighted by atomic mass is 10.6. The monoisotopic (exact) mass is 107 g/mol. The highest BCUT2D eigenvalue weighted by atomic mass is 15.0. The average molecular weight is 107 g/mol. The summed E-state index contributed by atoms with van der Waals surface area (Å²) in [5, 5.41) is 8.22. The molecule has 0 spiro atoms. The summed E-state index contributed by atoms with van der Waals surface area (Å²) >= 11 is 0. The lowest BCUT2D eigenvalue weighted by Crippen LogP contribution is -1.77. The molecule has 0 saturated heterocycles. The van der Waals surface area contributed by atoms with Gasteiger partial charge in [0.1, 0.15) is 6.33 Å². The summed E-state index contributed by atoms with van der Waals surface area (Å²) in [6.07, 6.45) is 5.05. The van der Waals surface area contributed by atoms with Gasteiger partial charge in [-0.05, 0) is 6.92 Å². The van der Waals surface area contributed by atoms with Gasteiger partial charge in [0, 0.05) is 6.20 Å². The second-order valence-corrected chi connectivity index (χ2v) is 1.52. The molecule has 0 unspecified atom stereocenters. The van der Waals surface area contributed by atoms with Crippen LogP contribution in [0.3, 0.4) is 0 Å². The van der Waals surface area contributed by atoms with Crippen molar-refractivity contribution in [3.8, 4) is 6.19 Å². The van der Waals surface area contributed by atoms with Crippen LogP contribution in [0.2, 0.25) is 0 Å². The highest BCUT2D eigenvalue weighted by molar-refractivity contribution is 4.97. The Balaban J connectivity index is 3.05. The van der Waals surface area contributed by atoms with Crippen molar-refractivity contribution in [3.63, 3.8) is 0 Å². The second-order valence-electron chi connectivity index (χ2n) is 1.52. The van der Waals surface area contributed by atoms with E-state index in [0.29, 0.717) is 0 Å². The van der Waals surface area contributed by atoms with Gasteiger partial charge in [-0.15, -0.1) is 0 Å². The van der Waals surface area contributed by atoms with E-state index in [1.165, 1.54) is 10.9 Å². The maximum absolute atomic E-state index is 8.22. The molecule has 0 saturated carbocycles. The number of nitrogens with zero attached hydrogens (tertiary/aromatic N) is 3. The molecule has 8 heavy (non-hydrogen) atoms. The number of imidazole rings is 1. The standard InChI is InChI=1S/C5H5N3/c1-5-2-8(3-6)4-7-5/h2,4H,1H3. The van der Waals surface area contributed by atoms with Gasteiger partial charge in [0.2, 0.25) is 0 Å². The molecule has 0 fully saturated rings. The molecular weight excluding hydrogens is 102 g/mol. The molecule has 0 aromatic carbocycles. The van der Waals surface area contributed by atoms with Crippen molar-refractivity contribution >= 4 is 0 Å². The van der Waals surface area contributed by atoms with Crippen molar-refractivity contribution < 1.29 is 0 Å². The summed E-state index contributed by atoms with van der Waals surface area (Å²) in [6, 6.07) is 0. The van der Waals surface area contributed by atoms with E-state index in [1.54, 1.807) is 6.20 Å². The van der Waals surface area contributed by atoms with Crippen molar-refractivity contribution in [2.45, 2.75) is 6.92 Å². The molecule has 0 amide bonds. The van der Waals surface area contributed by atoms with Crippen molar-refractivity contribution in [1.29, 1.82) is 5.26 Å². The third kappa shape index (κ3) is 0.684. The maximum atomic E-state index is 8.22. The first kappa shape index (κ1) is 4.85. The van der Waals surface area contributed by atoms with E-state index in [1.807, 2.05) is 13.1 Å². The van der Waals surface area contributed by atoms with Crippen LogP contribution in [0.25, 0.3) is 0 Å². The van der Waals surface area contributed by atoms with E-state index in [-0.39, 0.29) is 0 Å². The van der Waals surface area contributed by atoms with Crippen LogP contribution in [0.15, 0.2) is 12.5 Å². The molecule has 1 rings (SSSR count). The SMILES string of the molecule is Cc1cn(C#N)cn1. The van der Waals surface area contributed by atoms with E-state index in [9.17, 15) is 0 Å². The number of hydrogen-bond acceptors (Lipinski definition) is 2.